The number of carboxylic acid groups (broad SMARTS) is 1. The Morgan fingerprint density at radius 3 is 2.88 bits per heavy atom. The molecule has 0 aromatic carbocycles. The number of nitrogens with zero attached hydrogens (tertiary/aromatic N) is 3. The second kappa shape index (κ2) is 7.32. The highest BCUT2D eigenvalue weighted by molar-refractivity contribution is 7.80. The van der Waals surface area contributed by atoms with E-state index in [1.54, 1.807) is 36.5 Å². The average molecular weight is 371 g/mol. The molecular weight excluding hydrogens is 358 g/mol. The normalized spacial score (nSPS) is 10.4. The average Bonchev–Trinajstić information content (AvgIpc) is 3.10. The molecule has 0 aliphatic carbocycles. The van der Waals surface area contributed by atoms with Crippen molar-refractivity contribution in [2.75, 3.05) is 11.9 Å². The van der Waals surface area contributed by atoms with Gasteiger partial charge in [0.05, 0.1) is 11.1 Å². The van der Waals surface area contributed by atoms with Crippen LogP contribution in [0.25, 0.3) is 21.7 Å². The Hall–Kier alpha value is -2.91. The molecule has 9 heteroatoms. The first-order chi connectivity index (χ1) is 12.1. The summed E-state index contributed by atoms with van der Waals surface area (Å²) < 4.78 is 0. The summed E-state index contributed by atoms with van der Waals surface area (Å²) in [5, 5.41) is 15.4. The number of aromatic nitrogens is 3. The number of thiophene rings is 1. The van der Waals surface area contributed by atoms with Crippen molar-refractivity contribution in [2.24, 2.45) is 0 Å². The third-order valence-corrected chi connectivity index (χ3v) is 4.47. The summed E-state index contributed by atoms with van der Waals surface area (Å²) in [4.78, 5) is 25.2. The molecule has 0 atom stereocenters. The maximum atomic E-state index is 11.0. The Balaban J connectivity index is 1.88. The molecule has 0 saturated carbocycles. The Morgan fingerprint density at radius 1 is 1.32 bits per heavy atom. The fourth-order valence-corrected chi connectivity index (χ4v) is 2.99. The molecule has 126 valence electrons. The van der Waals surface area contributed by atoms with E-state index in [0.29, 0.717) is 34.3 Å². The van der Waals surface area contributed by atoms with E-state index in [4.69, 9.17) is 17.3 Å². The van der Waals surface area contributed by atoms with Gasteiger partial charge in [0.2, 0.25) is 0 Å². The van der Waals surface area contributed by atoms with Gasteiger partial charge < -0.3 is 15.7 Å². The molecule has 0 amide bonds. The van der Waals surface area contributed by atoms with Crippen LogP contribution in [0, 0.1) is 0 Å². The SMILES string of the molecule is C=CCNC(=S)Nc1ccc2ncc(-c3ccc(C(=O)O)s3)nc2n1. The third-order valence-electron chi connectivity index (χ3n) is 3.12. The van der Waals surface area contributed by atoms with Gasteiger partial charge in [-0.3, -0.25) is 4.98 Å². The van der Waals surface area contributed by atoms with Crippen LogP contribution >= 0.6 is 23.6 Å². The molecule has 3 aromatic heterocycles. The molecule has 0 spiro atoms. The molecule has 0 bridgehead atoms. The van der Waals surface area contributed by atoms with E-state index in [1.165, 1.54) is 0 Å². The number of rotatable bonds is 5. The molecule has 7 nitrogen and oxygen atoms in total. The lowest BCUT2D eigenvalue weighted by atomic mass is 10.3. The number of anilines is 1. The Morgan fingerprint density at radius 2 is 2.16 bits per heavy atom. The lowest BCUT2D eigenvalue weighted by Gasteiger charge is -2.08. The first-order valence-corrected chi connectivity index (χ1v) is 8.42. The number of carbonyl (C=O) groups is 1. The smallest absolute Gasteiger partial charge is 0.345 e. The van der Waals surface area contributed by atoms with Gasteiger partial charge in [-0.05, 0) is 36.5 Å². The topological polar surface area (TPSA) is 100 Å². The molecule has 0 radical (unpaired) electrons. The highest BCUT2D eigenvalue weighted by Crippen LogP contribution is 2.27. The highest BCUT2D eigenvalue weighted by Gasteiger charge is 2.11. The van der Waals surface area contributed by atoms with Crippen LogP contribution < -0.4 is 10.6 Å². The van der Waals surface area contributed by atoms with Crippen molar-refractivity contribution >= 4 is 51.6 Å². The number of fused-ring (bicyclic) bond motifs is 1. The summed E-state index contributed by atoms with van der Waals surface area (Å²) in [6, 6.07) is 6.80. The van der Waals surface area contributed by atoms with Gasteiger partial charge in [-0.25, -0.2) is 14.8 Å². The van der Waals surface area contributed by atoms with Crippen molar-refractivity contribution in [1.29, 1.82) is 0 Å². The molecule has 3 N–H and O–H groups in total. The minimum absolute atomic E-state index is 0.249. The van der Waals surface area contributed by atoms with E-state index < -0.39 is 5.97 Å². The van der Waals surface area contributed by atoms with Crippen molar-refractivity contribution in [3.63, 3.8) is 0 Å². The molecule has 0 saturated heterocycles. The number of thiocarbonyl (C=S) groups is 1. The van der Waals surface area contributed by atoms with Gasteiger partial charge in [-0.2, -0.15) is 0 Å². The minimum Gasteiger partial charge on any atom is -0.477 e. The van der Waals surface area contributed by atoms with E-state index in [1.807, 2.05) is 0 Å². The number of hydrogen-bond donors (Lipinski definition) is 3. The summed E-state index contributed by atoms with van der Waals surface area (Å²) in [5.41, 5.74) is 1.65. The lowest BCUT2D eigenvalue weighted by Crippen LogP contribution is -2.28. The number of carboxylic acids is 1. The Bertz CT molecular complexity index is 970. The van der Waals surface area contributed by atoms with Crippen LogP contribution in [0.15, 0.2) is 43.1 Å². The van der Waals surface area contributed by atoms with Crippen LogP contribution in [-0.2, 0) is 0 Å². The third kappa shape index (κ3) is 3.95. The van der Waals surface area contributed by atoms with Crippen molar-refractivity contribution in [1.82, 2.24) is 20.3 Å². The largest absolute Gasteiger partial charge is 0.477 e. The van der Waals surface area contributed by atoms with E-state index in [-0.39, 0.29) is 4.88 Å². The van der Waals surface area contributed by atoms with E-state index in [2.05, 4.69) is 32.2 Å². The molecule has 3 heterocycles. The second-order valence-electron chi connectivity index (χ2n) is 4.89. The molecule has 0 aliphatic heterocycles. The Labute approximate surface area is 152 Å². The van der Waals surface area contributed by atoms with E-state index in [0.717, 1.165) is 16.2 Å². The standard InChI is InChI=1S/C16H13N5O2S2/c1-2-7-17-16(24)21-13-6-3-9-14(20-13)19-10(8-18-9)11-4-5-12(25-11)15(22)23/h2-6,8H,1,7H2,(H,22,23)(H2,17,19,20,21,24). The predicted octanol–water partition coefficient (Wildman–Crippen LogP) is 2.92. The molecule has 0 aliphatic rings. The maximum Gasteiger partial charge on any atom is 0.345 e. The highest BCUT2D eigenvalue weighted by atomic mass is 32.1. The van der Waals surface area contributed by atoms with Crippen LogP contribution in [0.2, 0.25) is 0 Å². The van der Waals surface area contributed by atoms with Gasteiger partial charge in [0.15, 0.2) is 10.8 Å². The Kier molecular flexibility index (Phi) is 4.96. The summed E-state index contributed by atoms with van der Waals surface area (Å²) in [7, 11) is 0. The van der Waals surface area contributed by atoms with Crippen molar-refractivity contribution < 1.29 is 9.90 Å². The zero-order valence-corrected chi connectivity index (χ0v) is 14.5. The first kappa shape index (κ1) is 16.9. The predicted molar refractivity (Wildman–Crippen MR) is 102 cm³/mol. The zero-order chi connectivity index (χ0) is 17.8. The van der Waals surface area contributed by atoms with Crippen LogP contribution in [0.4, 0.5) is 5.82 Å². The minimum atomic E-state index is -0.963. The number of pyridine rings is 1. The molecule has 25 heavy (non-hydrogen) atoms. The summed E-state index contributed by atoms with van der Waals surface area (Å²) >= 11 is 6.29. The van der Waals surface area contributed by atoms with Gasteiger partial charge in [-0.1, -0.05) is 6.08 Å². The lowest BCUT2D eigenvalue weighted by molar-refractivity contribution is 0.0702. The first-order valence-electron chi connectivity index (χ1n) is 7.20. The number of aromatic carboxylic acids is 1. The zero-order valence-electron chi connectivity index (χ0n) is 12.9. The van der Waals surface area contributed by atoms with E-state index >= 15 is 0 Å². The molecule has 0 unspecified atom stereocenters. The molecule has 0 fully saturated rings. The van der Waals surface area contributed by atoms with Crippen molar-refractivity contribution in [2.45, 2.75) is 0 Å². The molecule has 3 aromatic rings. The van der Waals surface area contributed by atoms with Gasteiger partial charge in [0.25, 0.3) is 0 Å². The van der Waals surface area contributed by atoms with Gasteiger partial charge >= 0.3 is 5.97 Å². The summed E-state index contributed by atoms with van der Waals surface area (Å²) in [6.45, 7) is 4.16. The van der Waals surface area contributed by atoms with Gasteiger partial charge in [0.1, 0.15) is 21.9 Å². The van der Waals surface area contributed by atoms with Crippen molar-refractivity contribution in [3.05, 3.63) is 48.0 Å². The van der Waals surface area contributed by atoms with Gasteiger partial charge in [0, 0.05) is 6.54 Å². The molecular formula is C16H13N5O2S2. The summed E-state index contributed by atoms with van der Waals surface area (Å²) in [6.07, 6.45) is 3.30. The molecule has 3 rings (SSSR count). The van der Waals surface area contributed by atoms with Crippen LogP contribution in [0.3, 0.4) is 0 Å². The summed E-state index contributed by atoms with van der Waals surface area (Å²) in [5.74, 6) is -0.423. The second-order valence-corrected chi connectivity index (χ2v) is 6.38. The van der Waals surface area contributed by atoms with Crippen LogP contribution in [-0.4, -0.2) is 37.7 Å². The van der Waals surface area contributed by atoms with Crippen molar-refractivity contribution in [3.8, 4) is 10.6 Å². The maximum absolute atomic E-state index is 11.0. The van der Waals surface area contributed by atoms with Gasteiger partial charge in [-0.15, -0.1) is 17.9 Å². The fourth-order valence-electron chi connectivity index (χ4n) is 2.00. The monoisotopic (exact) mass is 371 g/mol. The fraction of sp³-hybridized carbons (Fsp3) is 0.0625. The van der Waals surface area contributed by atoms with Crippen LogP contribution in [0.5, 0.6) is 0 Å². The number of hydrogen-bond acceptors (Lipinski definition) is 6. The van der Waals surface area contributed by atoms with Crippen LogP contribution in [0.1, 0.15) is 9.67 Å². The number of nitrogens with one attached hydrogen (secondary N) is 2. The van der Waals surface area contributed by atoms with E-state index in [9.17, 15) is 4.79 Å². The quantitative estimate of drug-likeness (QED) is 0.465.